The lowest BCUT2D eigenvalue weighted by Gasteiger charge is -2.36. The first-order valence-corrected chi connectivity index (χ1v) is 6.92. The molecule has 0 spiro atoms. The first-order chi connectivity index (χ1) is 10.2. The predicted molar refractivity (Wildman–Crippen MR) is 75.7 cm³/mol. The van der Waals surface area contributed by atoms with Gasteiger partial charge in [0, 0.05) is 12.1 Å². The van der Waals surface area contributed by atoms with E-state index in [0.717, 1.165) is 17.7 Å². The third-order valence-corrected chi connectivity index (χ3v) is 4.08. The van der Waals surface area contributed by atoms with E-state index in [1.807, 2.05) is 12.1 Å². The number of hydrogen-bond acceptors (Lipinski definition) is 5. The van der Waals surface area contributed by atoms with Crippen LogP contribution in [0.3, 0.4) is 0 Å². The van der Waals surface area contributed by atoms with Crippen molar-refractivity contribution in [2.24, 2.45) is 5.92 Å². The van der Waals surface area contributed by atoms with Crippen molar-refractivity contribution < 1.29 is 9.90 Å². The van der Waals surface area contributed by atoms with Gasteiger partial charge in [-0.15, -0.1) is 0 Å². The molecule has 0 bridgehead atoms. The molecule has 6 heteroatoms. The minimum absolute atomic E-state index is 0.206. The summed E-state index contributed by atoms with van der Waals surface area (Å²) in [5, 5.41) is 16.9. The fourth-order valence-electron chi connectivity index (χ4n) is 3.12. The first kappa shape index (κ1) is 12.1. The molecule has 6 nitrogen and oxygen atoms in total. The predicted octanol–water partition coefficient (Wildman–Crippen LogP) is 1.86. The minimum atomic E-state index is -0.266. The molecule has 2 aliphatic rings. The van der Waals surface area contributed by atoms with E-state index in [-0.39, 0.29) is 23.5 Å². The van der Waals surface area contributed by atoms with Gasteiger partial charge >= 0.3 is 0 Å². The molecule has 2 heterocycles. The number of fused-ring (bicyclic) bond motifs is 2. The van der Waals surface area contributed by atoms with Crippen molar-refractivity contribution in [3.05, 3.63) is 47.9 Å². The lowest BCUT2D eigenvalue weighted by atomic mass is 9.81. The Kier molecular flexibility index (Phi) is 2.57. The van der Waals surface area contributed by atoms with Crippen LogP contribution in [0.4, 0.5) is 5.95 Å². The standard InChI is InChI=1S/C15H14N4O2/c20-10-6-4-9(5-7-10)14-13-11(2-1-3-12(13)21)18-15-16-8-17-19(14)15/h2,4-8,13-14,20H,1,3H2,(H,16,17,18). The summed E-state index contributed by atoms with van der Waals surface area (Å²) in [4.78, 5) is 16.6. The van der Waals surface area contributed by atoms with Crippen molar-refractivity contribution >= 4 is 11.7 Å². The lowest BCUT2D eigenvalue weighted by Crippen LogP contribution is -2.38. The molecule has 4 rings (SSSR count). The summed E-state index contributed by atoms with van der Waals surface area (Å²) >= 11 is 0. The van der Waals surface area contributed by atoms with Gasteiger partial charge in [0.1, 0.15) is 17.9 Å². The SMILES string of the molecule is O=C1CCC=C2Nc3ncnn3C(c3ccc(O)cc3)C12. The highest BCUT2D eigenvalue weighted by atomic mass is 16.3. The van der Waals surface area contributed by atoms with E-state index in [0.29, 0.717) is 12.4 Å². The maximum Gasteiger partial charge on any atom is 0.226 e. The molecule has 1 aromatic carbocycles. The summed E-state index contributed by atoms with van der Waals surface area (Å²) in [5.74, 6) is 0.791. The second-order valence-electron chi connectivity index (χ2n) is 5.33. The lowest BCUT2D eigenvalue weighted by molar-refractivity contribution is -0.123. The van der Waals surface area contributed by atoms with Gasteiger partial charge in [-0.25, -0.2) is 4.68 Å². The van der Waals surface area contributed by atoms with Crippen LogP contribution in [0.1, 0.15) is 24.4 Å². The Morgan fingerprint density at radius 1 is 1.29 bits per heavy atom. The zero-order valence-electron chi connectivity index (χ0n) is 11.2. The van der Waals surface area contributed by atoms with Crippen LogP contribution in [0.15, 0.2) is 42.4 Å². The molecule has 0 amide bonds. The quantitative estimate of drug-likeness (QED) is 0.834. The molecule has 1 aliphatic carbocycles. The van der Waals surface area contributed by atoms with E-state index in [4.69, 9.17) is 0 Å². The normalized spacial score (nSPS) is 23.8. The number of phenols is 1. The van der Waals surface area contributed by atoms with Crippen LogP contribution < -0.4 is 5.32 Å². The molecule has 1 aromatic heterocycles. The topological polar surface area (TPSA) is 80.0 Å². The van der Waals surface area contributed by atoms with Gasteiger partial charge in [-0.1, -0.05) is 18.2 Å². The molecule has 2 aromatic rings. The summed E-state index contributed by atoms with van der Waals surface area (Å²) < 4.78 is 1.75. The zero-order chi connectivity index (χ0) is 14.4. The van der Waals surface area contributed by atoms with Gasteiger partial charge in [-0.3, -0.25) is 4.79 Å². The Morgan fingerprint density at radius 2 is 2.10 bits per heavy atom. The molecule has 2 atom stereocenters. The van der Waals surface area contributed by atoms with Crippen molar-refractivity contribution in [1.29, 1.82) is 0 Å². The molecular weight excluding hydrogens is 268 g/mol. The number of anilines is 1. The summed E-state index contributed by atoms with van der Waals surface area (Å²) in [6.45, 7) is 0. The van der Waals surface area contributed by atoms with Crippen LogP contribution in [0.2, 0.25) is 0 Å². The maximum absolute atomic E-state index is 12.4. The summed E-state index contributed by atoms with van der Waals surface area (Å²) in [6, 6.07) is 6.70. The molecule has 0 radical (unpaired) electrons. The third-order valence-electron chi connectivity index (χ3n) is 4.08. The Hall–Kier alpha value is -2.63. The number of benzene rings is 1. The molecule has 106 valence electrons. The maximum atomic E-state index is 12.4. The Labute approximate surface area is 121 Å². The van der Waals surface area contributed by atoms with E-state index in [9.17, 15) is 9.90 Å². The van der Waals surface area contributed by atoms with Crippen molar-refractivity contribution in [2.75, 3.05) is 5.32 Å². The number of carbonyl (C=O) groups excluding carboxylic acids is 1. The van der Waals surface area contributed by atoms with Crippen LogP contribution in [-0.2, 0) is 4.79 Å². The van der Waals surface area contributed by atoms with Gasteiger partial charge in [-0.2, -0.15) is 10.1 Å². The van der Waals surface area contributed by atoms with Crippen LogP contribution in [0, 0.1) is 5.92 Å². The molecule has 1 aliphatic heterocycles. The molecule has 21 heavy (non-hydrogen) atoms. The van der Waals surface area contributed by atoms with E-state index >= 15 is 0 Å². The van der Waals surface area contributed by atoms with Crippen LogP contribution in [0.25, 0.3) is 0 Å². The second kappa shape index (κ2) is 4.44. The second-order valence-corrected chi connectivity index (χ2v) is 5.33. The van der Waals surface area contributed by atoms with Crippen molar-refractivity contribution in [1.82, 2.24) is 14.8 Å². The largest absolute Gasteiger partial charge is 0.508 e. The van der Waals surface area contributed by atoms with Gasteiger partial charge in [0.05, 0.1) is 12.0 Å². The average Bonchev–Trinajstić information content (AvgIpc) is 2.94. The van der Waals surface area contributed by atoms with Crippen molar-refractivity contribution in [3.8, 4) is 5.75 Å². The summed E-state index contributed by atoms with van der Waals surface area (Å²) in [6.07, 6.45) is 4.86. The number of aromatic hydroxyl groups is 1. The van der Waals surface area contributed by atoms with E-state index in [2.05, 4.69) is 21.5 Å². The molecular formula is C15H14N4O2. The number of ketones is 1. The van der Waals surface area contributed by atoms with Gasteiger partial charge < -0.3 is 10.4 Å². The monoisotopic (exact) mass is 282 g/mol. The number of Topliss-reactive ketones (excluding diaryl/α,β-unsaturated/α-hetero) is 1. The Bertz CT molecular complexity index is 732. The number of aromatic nitrogens is 3. The highest BCUT2D eigenvalue weighted by Crippen LogP contribution is 2.41. The number of nitrogens with zero attached hydrogens (tertiary/aromatic N) is 3. The molecule has 0 saturated heterocycles. The highest BCUT2D eigenvalue weighted by Gasteiger charge is 2.40. The number of phenolic OH excluding ortho intramolecular Hbond substituents is 1. The Balaban J connectivity index is 1.89. The minimum Gasteiger partial charge on any atom is -0.508 e. The Morgan fingerprint density at radius 3 is 2.90 bits per heavy atom. The summed E-state index contributed by atoms with van der Waals surface area (Å²) in [7, 11) is 0. The number of hydrogen-bond donors (Lipinski definition) is 2. The number of allylic oxidation sites excluding steroid dienone is 2. The van der Waals surface area contributed by atoms with Crippen LogP contribution in [0.5, 0.6) is 5.75 Å². The van der Waals surface area contributed by atoms with Crippen LogP contribution >= 0.6 is 0 Å². The van der Waals surface area contributed by atoms with E-state index in [1.165, 1.54) is 6.33 Å². The average molecular weight is 282 g/mol. The molecule has 0 fully saturated rings. The number of nitrogens with one attached hydrogen (secondary N) is 1. The van der Waals surface area contributed by atoms with Gasteiger partial charge in [0.25, 0.3) is 0 Å². The number of rotatable bonds is 1. The van der Waals surface area contributed by atoms with Crippen molar-refractivity contribution in [2.45, 2.75) is 18.9 Å². The summed E-state index contributed by atoms with van der Waals surface area (Å²) in [5.41, 5.74) is 1.84. The van der Waals surface area contributed by atoms with Gasteiger partial charge in [-0.05, 0) is 24.1 Å². The van der Waals surface area contributed by atoms with Crippen molar-refractivity contribution in [3.63, 3.8) is 0 Å². The molecule has 2 N–H and O–H groups in total. The third kappa shape index (κ3) is 1.83. The smallest absolute Gasteiger partial charge is 0.226 e. The first-order valence-electron chi connectivity index (χ1n) is 6.92. The van der Waals surface area contributed by atoms with E-state index < -0.39 is 0 Å². The highest BCUT2D eigenvalue weighted by molar-refractivity contribution is 5.87. The fourth-order valence-corrected chi connectivity index (χ4v) is 3.12. The van der Waals surface area contributed by atoms with Crippen LogP contribution in [-0.4, -0.2) is 25.7 Å². The fraction of sp³-hybridized carbons (Fsp3) is 0.267. The zero-order valence-corrected chi connectivity index (χ0v) is 11.2. The van der Waals surface area contributed by atoms with Gasteiger partial charge in [0.2, 0.25) is 5.95 Å². The molecule has 2 unspecified atom stereocenters. The van der Waals surface area contributed by atoms with Gasteiger partial charge in [0.15, 0.2) is 0 Å². The number of carbonyl (C=O) groups is 1. The van der Waals surface area contributed by atoms with E-state index in [1.54, 1.807) is 16.8 Å². The molecule has 0 saturated carbocycles.